The Kier molecular flexibility index (Phi) is 5.00. The minimum absolute atomic E-state index is 0.0587. The standard InChI is InChI=1S/C19H19N3O2/c1-4-15-12(3)22-19(24)17(21)16(15)18(23)14-7-5-6-13(9-14)8-11(2)10-20/h5-9H,4,21H2,1-3H3,(H,22,24)/b11-8+. The molecule has 122 valence electrons. The van der Waals surface area contributed by atoms with E-state index < -0.39 is 5.56 Å². The van der Waals surface area contributed by atoms with Crippen LogP contribution >= 0.6 is 0 Å². The number of hydrogen-bond donors (Lipinski definition) is 2. The zero-order valence-electron chi connectivity index (χ0n) is 13.9. The lowest BCUT2D eigenvalue weighted by Crippen LogP contribution is -2.22. The molecule has 5 heteroatoms. The summed E-state index contributed by atoms with van der Waals surface area (Å²) in [5, 5.41) is 8.88. The molecule has 0 aliphatic rings. The van der Waals surface area contributed by atoms with Crippen LogP contribution in [0.5, 0.6) is 0 Å². The third-order valence-electron chi connectivity index (χ3n) is 3.86. The molecule has 1 heterocycles. The Morgan fingerprint density at radius 2 is 2.12 bits per heavy atom. The van der Waals surface area contributed by atoms with E-state index in [2.05, 4.69) is 4.98 Å². The number of nitriles is 1. The predicted octanol–water partition coefficient (Wildman–Crippen LogP) is 2.99. The molecule has 3 N–H and O–H groups in total. The molecule has 1 aromatic carbocycles. The van der Waals surface area contributed by atoms with Crippen molar-refractivity contribution in [2.75, 3.05) is 5.73 Å². The summed E-state index contributed by atoms with van der Waals surface area (Å²) in [6.45, 7) is 5.36. The topological polar surface area (TPSA) is 99.7 Å². The number of aryl methyl sites for hydroxylation is 1. The maximum atomic E-state index is 12.9. The highest BCUT2D eigenvalue weighted by Gasteiger charge is 2.20. The number of benzene rings is 1. The lowest BCUT2D eigenvalue weighted by atomic mass is 9.94. The van der Waals surface area contributed by atoms with Gasteiger partial charge in [-0.3, -0.25) is 9.59 Å². The van der Waals surface area contributed by atoms with E-state index in [1.807, 2.05) is 19.1 Å². The second-order valence-electron chi connectivity index (χ2n) is 5.59. The molecule has 0 unspecified atom stereocenters. The van der Waals surface area contributed by atoms with Gasteiger partial charge in [0.25, 0.3) is 5.56 Å². The van der Waals surface area contributed by atoms with E-state index in [4.69, 9.17) is 11.0 Å². The summed E-state index contributed by atoms with van der Waals surface area (Å²) in [7, 11) is 0. The molecule has 0 saturated carbocycles. The fourth-order valence-corrected chi connectivity index (χ4v) is 2.67. The van der Waals surface area contributed by atoms with Crippen molar-refractivity contribution in [1.29, 1.82) is 5.26 Å². The quantitative estimate of drug-likeness (QED) is 0.668. The average Bonchev–Trinajstić information content (AvgIpc) is 2.57. The Balaban J connectivity index is 2.61. The molecule has 0 saturated heterocycles. The first-order valence-corrected chi connectivity index (χ1v) is 7.63. The smallest absolute Gasteiger partial charge is 0.272 e. The van der Waals surface area contributed by atoms with E-state index in [1.165, 1.54) is 0 Å². The molecular formula is C19H19N3O2. The number of aromatic amines is 1. The number of H-pyrrole nitrogens is 1. The molecule has 0 fully saturated rings. The molecule has 0 spiro atoms. The zero-order valence-corrected chi connectivity index (χ0v) is 13.9. The number of nitrogens with two attached hydrogens (primary N) is 1. The summed E-state index contributed by atoms with van der Waals surface area (Å²) in [5.41, 5.74) is 8.75. The summed E-state index contributed by atoms with van der Waals surface area (Å²) in [4.78, 5) is 27.5. The van der Waals surface area contributed by atoms with Crippen molar-refractivity contribution >= 4 is 17.5 Å². The van der Waals surface area contributed by atoms with Crippen LogP contribution in [-0.2, 0) is 6.42 Å². The molecule has 0 amide bonds. The zero-order chi connectivity index (χ0) is 17.9. The summed E-state index contributed by atoms with van der Waals surface area (Å²) >= 11 is 0. The largest absolute Gasteiger partial charge is 0.394 e. The maximum absolute atomic E-state index is 12.9. The third-order valence-corrected chi connectivity index (χ3v) is 3.86. The number of carbonyl (C=O) groups is 1. The first-order valence-electron chi connectivity index (χ1n) is 7.63. The number of pyridine rings is 1. The first kappa shape index (κ1) is 17.2. The highest BCUT2D eigenvalue weighted by molar-refractivity contribution is 6.13. The Bertz CT molecular complexity index is 931. The van der Waals surface area contributed by atoms with Crippen molar-refractivity contribution < 1.29 is 4.79 Å². The molecule has 1 aromatic heterocycles. The molecule has 24 heavy (non-hydrogen) atoms. The highest BCUT2D eigenvalue weighted by Crippen LogP contribution is 2.22. The summed E-state index contributed by atoms with van der Waals surface area (Å²) in [6.07, 6.45) is 2.28. The number of ketones is 1. The van der Waals surface area contributed by atoms with Crippen LogP contribution in [-0.4, -0.2) is 10.8 Å². The van der Waals surface area contributed by atoms with Crippen LogP contribution in [0.4, 0.5) is 5.69 Å². The normalized spacial score (nSPS) is 11.2. The summed E-state index contributed by atoms with van der Waals surface area (Å²) in [5.74, 6) is -0.289. The van der Waals surface area contributed by atoms with E-state index in [0.717, 1.165) is 11.1 Å². The molecule has 0 radical (unpaired) electrons. The second kappa shape index (κ2) is 6.97. The third kappa shape index (κ3) is 3.28. The van der Waals surface area contributed by atoms with Crippen LogP contribution in [0.2, 0.25) is 0 Å². The van der Waals surface area contributed by atoms with Gasteiger partial charge in [-0.05, 0) is 43.5 Å². The number of allylic oxidation sites excluding steroid dienone is 1. The summed E-state index contributed by atoms with van der Waals surface area (Å²) < 4.78 is 0. The van der Waals surface area contributed by atoms with Gasteiger partial charge in [0.15, 0.2) is 5.78 Å². The van der Waals surface area contributed by atoms with E-state index in [-0.39, 0.29) is 17.0 Å². The minimum Gasteiger partial charge on any atom is -0.394 e. The number of nitrogen functional groups attached to an aromatic ring is 1. The maximum Gasteiger partial charge on any atom is 0.272 e. The molecular weight excluding hydrogens is 302 g/mol. The monoisotopic (exact) mass is 321 g/mol. The van der Waals surface area contributed by atoms with Crippen molar-refractivity contribution in [3.8, 4) is 6.07 Å². The van der Waals surface area contributed by atoms with Gasteiger partial charge in [-0.25, -0.2) is 0 Å². The van der Waals surface area contributed by atoms with Crippen LogP contribution in [0.25, 0.3) is 6.08 Å². The summed E-state index contributed by atoms with van der Waals surface area (Å²) in [6, 6.07) is 8.97. The molecule has 0 aliphatic heterocycles. The van der Waals surface area contributed by atoms with E-state index in [1.54, 1.807) is 38.1 Å². The number of hydrogen-bond acceptors (Lipinski definition) is 4. The van der Waals surface area contributed by atoms with Gasteiger partial charge in [-0.1, -0.05) is 25.1 Å². The van der Waals surface area contributed by atoms with Gasteiger partial charge in [0.2, 0.25) is 0 Å². The van der Waals surface area contributed by atoms with E-state index >= 15 is 0 Å². The van der Waals surface area contributed by atoms with Gasteiger partial charge in [-0.2, -0.15) is 5.26 Å². The molecule has 0 atom stereocenters. The second-order valence-corrected chi connectivity index (χ2v) is 5.59. The molecule has 2 aromatic rings. The first-order chi connectivity index (χ1) is 11.4. The number of nitrogens with zero attached hydrogens (tertiary/aromatic N) is 1. The van der Waals surface area contributed by atoms with Gasteiger partial charge in [0.05, 0.1) is 11.6 Å². The number of anilines is 1. The fraction of sp³-hybridized carbons (Fsp3) is 0.211. The highest BCUT2D eigenvalue weighted by atomic mass is 16.1. The lowest BCUT2D eigenvalue weighted by molar-refractivity contribution is 0.103. The Hall–Kier alpha value is -3.13. The lowest BCUT2D eigenvalue weighted by Gasteiger charge is -2.13. The SMILES string of the molecule is CCc1c(C)[nH]c(=O)c(N)c1C(=O)c1cccc(/C=C(\C)C#N)c1. The van der Waals surface area contributed by atoms with Crippen molar-refractivity contribution in [1.82, 2.24) is 4.98 Å². The number of carbonyl (C=O) groups excluding carboxylic acids is 1. The molecule has 2 rings (SSSR count). The van der Waals surface area contributed by atoms with Crippen molar-refractivity contribution in [2.24, 2.45) is 0 Å². The van der Waals surface area contributed by atoms with Gasteiger partial charge in [-0.15, -0.1) is 0 Å². The fourth-order valence-electron chi connectivity index (χ4n) is 2.67. The Morgan fingerprint density at radius 1 is 1.42 bits per heavy atom. The average molecular weight is 321 g/mol. The van der Waals surface area contributed by atoms with E-state index in [9.17, 15) is 9.59 Å². The van der Waals surface area contributed by atoms with Crippen molar-refractivity contribution in [3.05, 3.63) is 68.1 Å². The van der Waals surface area contributed by atoms with Gasteiger partial charge in [0, 0.05) is 16.8 Å². The number of nitrogens with one attached hydrogen (secondary N) is 1. The van der Waals surface area contributed by atoms with Gasteiger partial charge >= 0.3 is 0 Å². The van der Waals surface area contributed by atoms with Crippen LogP contribution in [0, 0.1) is 18.3 Å². The van der Waals surface area contributed by atoms with Gasteiger partial charge < -0.3 is 10.7 Å². The number of aromatic nitrogens is 1. The number of rotatable bonds is 4. The molecule has 5 nitrogen and oxygen atoms in total. The van der Waals surface area contributed by atoms with E-state index in [0.29, 0.717) is 23.3 Å². The van der Waals surface area contributed by atoms with Crippen LogP contribution in [0.15, 0.2) is 34.6 Å². The minimum atomic E-state index is -0.454. The van der Waals surface area contributed by atoms with Crippen LogP contribution in [0.3, 0.4) is 0 Å². The Labute approximate surface area is 140 Å². The van der Waals surface area contributed by atoms with Crippen molar-refractivity contribution in [2.45, 2.75) is 27.2 Å². The van der Waals surface area contributed by atoms with Crippen LogP contribution < -0.4 is 11.3 Å². The Morgan fingerprint density at radius 3 is 2.75 bits per heavy atom. The predicted molar refractivity (Wildman–Crippen MR) is 94.7 cm³/mol. The van der Waals surface area contributed by atoms with Crippen LogP contribution in [0.1, 0.15) is 46.6 Å². The molecule has 0 aliphatic carbocycles. The van der Waals surface area contributed by atoms with Gasteiger partial charge in [0.1, 0.15) is 5.69 Å². The molecule has 0 bridgehead atoms. The van der Waals surface area contributed by atoms with Crippen molar-refractivity contribution in [3.63, 3.8) is 0 Å².